The number of aliphatic hydroxyl groups is 1. The summed E-state index contributed by atoms with van der Waals surface area (Å²) < 4.78 is 41.4. The van der Waals surface area contributed by atoms with Crippen molar-refractivity contribution < 1.29 is 27.8 Å². The van der Waals surface area contributed by atoms with Crippen LogP contribution in [-0.2, 0) is 4.74 Å². The van der Waals surface area contributed by atoms with Gasteiger partial charge in [0, 0.05) is 0 Å². The second-order valence-electron chi connectivity index (χ2n) is 4.41. The highest BCUT2D eigenvalue weighted by molar-refractivity contribution is 5.69. The minimum absolute atomic E-state index is 0.264. The van der Waals surface area contributed by atoms with E-state index >= 15 is 0 Å². The second-order valence-corrected chi connectivity index (χ2v) is 4.41. The zero-order valence-electron chi connectivity index (χ0n) is 8.46. The summed E-state index contributed by atoms with van der Waals surface area (Å²) in [5.74, 6) is 0.367. The number of ether oxygens (including phenoxy) is 1. The predicted molar refractivity (Wildman–Crippen MR) is 46.6 cm³/mol. The van der Waals surface area contributed by atoms with Gasteiger partial charge in [-0.25, -0.2) is 4.79 Å². The molecule has 2 fully saturated rings. The Morgan fingerprint density at radius 2 is 2.00 bits per heavy atom. The van der Waals surface area contributed by atoms with Gasteiger partial charge in [0.2, 0.25) is 0 Å². The van der Waals surface area contributed by atoms with Crippen LogP contribution in [0.5, 0.6) is 0 Å². The number of alkyl halides is 3. The first kappa shape index (κ1) is 11.5. The maximum absolute atomic E-state index is 12.2. The number of β-amino-alcohol motifs (C(OH)–C–C–N with tert-alkyl or cyclic N) is 1. The fourth-order valence-electron chi connectivity index (χ4n) is 1.46. The third-order valence-electron chi connectivity index (χ3n) is 2.83. The van der Waals surface area contributed by atoms with Gasteiger partial charge in [-0.1, -0.05) is 0 Å². The van der Waals surface area contributed by atoms with Crippen LogP contribution in [0.2, 0.25) is 0 Å². The molecule has 0 spiro atoms. The highest BCUT2D eigenvalue weighted by atomic mass is 19.4. The summed E-state index contributed by atoms with van der Waals surface area (Å²) in [6.45, 7) is -1.21. The van der Waals surface area contributed by atoms with Gasteiger partial charge in [0.25, 0.3) is 0 Å². The number of rotatable bonds is 2. The fraction of sp³-hybridized carbons (Fsp3) is 0.889. The van der Waals surface area contributed by atoms with Gasteiger partial charge in [-0.2, -0.15) is 13.2 Å². The number of carbonyl (C=O) groups is 1. The molecule has 0 aromatic heterocycles. The van der Waals surface area contributed by atoms with Gasteiger partial charge in [0.05, 0.1) is 19.7 Å². The maximum atomic E-state index is 12.2. The van der Waals surface area contributed by atoms with Crippen molar-refractivity contribution >= 4 is 6.09 Å². The third kappa shape index (κ3) is 2.09. The van der Waals surface area contributed by atoms with Crippen molar-refractivity contribution in [2.45, 2.75) is 24.6 Å². The summed E-state index contributed by atoms with van der Waals surface area (Å²) in [5.41, 5.74) is -2.76. The molecule has 0 aromatic carbocycles. The van der Waals surface area contributed by atoms with Crippen LogP contribution in [0.15, 0.2) is 0 Å². The van der Waals surface area contributed by atoms with Crippen LogP contribution in [0.3, 0.4) is 0 Å². The average molecular weight is 239 g/mol. The van der Waals surface area contributed by atoms with Gasteiger partial charge in [-0.15, -0.1) is 0 Å². The lowest BCUT2D eigenvalue weighted by atomic mass is 9.94. The number of halogens is 3. The molecule has 0 unspecified atom stereocenters. The van der Waals surface area contributed by atoms with Crippen molar-refractivity contribution in [2.24, 2.45) is 5.92 Å². The highest BCUT2D eigenvalue weighted by Gasteiger charge is 2.62. The second kappa shape index (κ2) is 3.51. The number of carbonyl (C=O) groups excluding carboxylic acids is 1. The summed E-state index contributed by atoms with van der Waals surface area (Å²) >= 11 is 0. The Balaban J connectivity index is 1.76. The minimum atomic E-state index is -4.69. The van der Waals surface area contributed by atoms with E-state index in [9.17, 15) is 18.0 Å². The summed E-state index contributed by atoms with van der Waals surface area (Å²) in [5, 5.41) is 9.08. The monoisotopic (exact) mass is 239 g/mol. The van der Waals surface area contributed by atoms with Crippen molar-refractivity contribution in [3.05, 3.63) is 0 Å². The van der Waals surface area contributed by atoms with E-state index in [4.69, 9.17) is 9.84 Å². The SMILES string of the molecule is O=C(OCC1CC1)N1CC(O)(C(F)(F)F)C1. The van der Waals surface area contributed by atoms with E-state index in [1.807, 2.05) is 0 Å². The lowest BCUT2D eigenvalue weighted by molar-refractivity contribution is -0.295. The first-order chi connectivity index (χ1) is 7.32. The number of likely N-dealkylation sites (tertiary alicyclic amines) is 1. The molecule has 2 rings (SSSR count). The lowest BCUT2D eigenvalue weighted by Crippen LogP contribution is -2.70. The van der Waals surface area contributed by atoms with Crippen LogP contribution in [0.4, 0.5) is 18.0 Å². The molecule has 1 saturated heterocycles. The van der Waals surface area contributed by atoms with Gasteiger partial charge < -0.3 is 14.7 Å². The van der Waals surface area contributed by atoms with E-state index in [-0.39, 0.29) is 6.61 Å². The molecule has 4 nitrogen and oxygen atoms in total. The van der Waals surface area contributed by atoms with E-state index in [0.29, 0.717) is 5.92 Å². The number of nitrogens with zero attached hydrogens (tertiary/aromatic N) is 1. The normalized spacial score (nSPS) is 23.9. The topological polar surface area (TPSA) is 49.8 Å². The van der Waals surface area contributed by atoms with Gasteiger partial charge in [0.15, 0.2) is 5.60 Å². The Morgan fingerprint density at radius 1 is 1.44 bits per heavy atom. The molecule has 0 bridgehead atoms. The summed E-state index contributed by atoms with van der Waals surface area (Å²) in [4.78, 5) is 12.1. The molecule has 1 heterocycles. The van der Waals surface area contributed by atoms with Crippen molar-refractivity contribution in [1.29, 1.82) is 0 Å². The van der Waals surface area contributed by atoms with E-state index in [0.717, 1.165) is 17.7 Å². The molecule has 92 valence electrons. The highest BCUT2D eigenvalue weighted by Crippen LogP contribution is 2.38. The standard InChI is InChI=1S/C9H12F3NO3/c10-9(11,12)8(15)4-13(5-8)7(14)16-3-6-1-2-6/h6,15H,1-5H2. The first-order valence-corrected chi connectivity index (χ1v) is 5.03. The van der Waals surface area contributed by atoms with Gasteiger partial charge in [-0.3, -0.25) is 0 Å². The number of amides is 1. The lowest BCUT2D eigenvalue weighted by Gasteiger charge is -2.45. The van der Waals surface area contributed by atoms with Gasteiger partial charge in [-0.05, 0) is 18.8 Å². The van der Waals surface area contributed by atoms with E-state index in [2.05, 4.69) is 0 Å². The molecular weight excluding hydrogens is 227 g/mol. The predicted octanol–water partition coefficient (Wildman–Crippen LogP) is 1.14. The van der Waals surface area contributed by atoms with Gasteiger partial charge >= 0.3 is 12.3 Å². The van der Waals surface area contributed by atoms with E-state index in [1.165, 1.54) is 0 Å². The van der Waals surface area contributed by atoms with Crippen molar-refractivity contribution in [3.8, 4) is 0 Å². The third-order valence-corrected chi connectivity index (χ3v) is 2.83. The van der Waals surface area contributed by atoms with E-state index < -0.39 is 31.0 Å². The summed E-state index contributed by atoms with van der Waals surface area (Å²) in [6.07, 6.45) is -3.47. The molecule has 1 saturated carbocycles. The average Bonchev–Trinajstić information content (AvgIpc) is 2.90. The molecule has 1 N–H and O–H groups in total. The minimum Gasteiger partial charge on any atom is -0.449 e. The Morgan fingerprint density at radius 3 is 2.44 bits per heavy atom. The quantitative estimate of drug-likeness (QED) is 0.786. The molecule has 0 radical (unpaired) electrons. The molecular formula is C9H12F3NO3. The Kier molecular flexibility index (Phi) is 2.52. The van der Waals surface area contributed by atoms with Crippen molar-refractivity contribution in [1.82, 2.24) is 4.90 Å². The smallest absolute Gasteiger partial charge is 0.420 e. The van der Waals surface area contributed by atoms with Crippen LogP contribution in [0, 0.1) is 5.92 Å². The van der Waals surface area contributed by atoms with Crippen LogP contribution < -0.4 is 0 Å². The Hall–Kier alpha value is -0.980. The molecule has 1 aliphatic carbocycles. The molecule has 1 amide bonds. The van der Waals surface area contributed by atoms with Crippen LogP contribution in [0.1, 0.15) is 12.8 Å². The zero-order valence-corrected chi connectivity index (χ0v) is 8.46. The van der Waals surface area contributed by atoms with Crippen molar-refractivity contribution in [3.63, 3.8) is 0 Å². The fourth-order valence-corrected chi connectivity index (χ4v) is 1.46. The molecule has 2 aliphatic rings. The molecule has 0 atom stereocenters. The first-order valence-electron chi connectivity index (χ1n) is 5.03. The zero-order chi connectivity index (χ0) is 12.0. The summed E-state index contributed by atoms with van der Waals surface area (Å²) in [7, 11) is 0. The molecule has 7 heteroatoms. The number of hydrogen-bond donors (Lipinski definition) is 1. The van der Waals surface area contributed by atoms with Crippen LogP contribution >= 0.6 is 0 Å². The Labute approximate surface area is 90.0 Å². The van der Waals surface area contributed by atoms with Crippen LogP contribution in [-0.4, -0.2) is 47.6 Å². The van der Waals surface area contributed by atoms with Crippen LogP contribution in [0.25, 0.3) is 0 Å². The molecule has 0 aromatic rings. The van der Waals surface area contributed by atoms with Crippen molar-refractivity contribution in [2.75, 3.05) is 19.7 Å². The van der Waals surface area contributed by atoms with Gasteiger partial charge in [0.1, 0.15) is 0 Å². The Bertz CT molecular complexity index is 295. The summed E-state index contributed by atoms with van der Waals surface area (Å²) in [6, 6.07) is 0. The number of hydrogen-bond acceptors (Lipinski definition) is 3. The maximum Gasteiger partial charge on any atom is 0.420 e. The largest absolute Gasteiger partial charge is 0.449 e. The molecule has 16 heavy (non-hydrogen) atoms. The molecule has 1 aliphatic heterocycles. The van der Waals surface area contributed by atoms with E-state index in [1.54, 1.807) is 0 Å².